The van der Waals surface area contributed by atoms with Gasteiger partial charge in [-0.25, -0.2) is 0 Å². The number of hydrogen-bond donors (Lipinski definition) is 2. The molecule has 1 saturated carbocycles. The smallest absolute Gasteiger partial charge is 0.119 e. The van der Waals surface area contributed by atoms with Crippen LogP contribution in [0.3, 0.4) is 0 Å². The van der Waals surface area contributed by atoms with Gasteiger partial charge in [-0.3, -0.25) is 0 Å². The Morgan fingerprint density at radius 1 is 0.500 bits per heavy atom. The average Bonchev–Trinajstić information content (AvgIpc) is 2.91. The van der Waals surface area contributed by atoms with Crippen molar-refractivity contribution in [3.8, 4) is 11.5 Å². The number of aliphatic hydroxyl groups excluding tert-OH is 2. The zero-order valence-corrected chi connectivity index (χ0v) is 22.3. The lowest BCUT2D eigenvalue weighted by molar-refractivity contribution is 0.253. The zero-order valence-electron chi connectivity index (χ0n) is 22.3. The molecule has 36 heavy (non-hydrogen) atoms. The summed E-state index contributed by atoms with van der Waals surface area (Å²) >= 11 is 0. The van der Waals surface area contributed by atoms with Crippen LogP contribution in [0.5, 0.6) is 11.5 Å². The number of hydrogen-bond acceptors (Lipinski definition) is 4. The minimum atomic E-state index is 0.00400. The van der Waals surface area contributed by atoms with E-state index in [-0.39, 0.29) is 18.6 Å². The Bertz CT molecular complexity index is 746. The molecule has 1 aliphatic carbocycles. The van der Waals surface area contributed by atoms with E-state index in [9.17, 15) is 0 Å². The molecule has 0 saturated heterocycles. The fraction of sp³-hybridized carbons (Fsp3) is 0.625. The average molecular weight is 497 g/mol. The minimum absolute atomic E-state index is 0.00400. The first-order chi connectivity index (χ1) is 17.8. The molecule has 0 bridgehead atoms. The van der Waals surface area contributed by atoms with Gasteiger partial charge in [0, 0.05) is 18.6 Å². The molecule has 3 rings (SSSR count). The molecule has 0 amide bonds. The van der Waals surface area contributed by atoms with Gasteiger partial charge in [0.2, 0.25) is 0 Å². The third kappa shape index (κ3) is 9.12. The van der Waals surface area contributed by atoms with E-state index in [4.69, 9.17) is 19.7 Å². The highest BCUT2D eigenvalue weighted by Gasteiger charge is 2.33. The highest BCUT2D eigenvalue weighted by atomic mass is 16.5. The van der Waals surface area contributed by atoms with Crippen LogP contribution in [0, 0.1) is 0 Å². The standard InChI is InChI=1S/C32H48O4/c33-24-10-12-26-35-30-18-14-28(15-19-30)32(22-8-6-4-2-1-3-5-7-9-23-32)29-16-20-31(21-17-29)36-27-13-11-25-34/h14-21,33-34H,1-13,22-27H2. The van der Waals surface area contributed by atoms with Gasteiger partial charge in [-0.1, -0.05) is 82.1 Å². The summed E-state index contributed by atoms with van der Waals surface area (Å²) in [5.41, 5.74) is 2.78. The van der Waals surface area contributed by atoms with Crippen LogP contribution >= 0.6 is 0 Å². The van der Waals surface area contributed by atoms with Crippen molar-refractivity contribution in [1.29, 1.82) is 0 Å². The Morgan fingerprint density at radius 2 is 0.861 bits per heavy atom. The third-order valence-electron chi connectivity index (χ3n) is 7.66. The highest BCUT2D eigenvalue weighted by Crippen LogP contribution is 2.43. The summed E-state index contributed by atoms with van der Waals surface area (Å²) in [6, 6.07) is 17.7. The van der Waals surface area contributed by atoms with Crippen molar-refractivity contribution in [3.05, 3.63) is 59.7 Å². The zero-order chi connectivity index (χ0) is 25.3. The molecule has 4 nitrogen and oxygen atoms in total. The fourth-order valence-corrected chi connectivity index (χ4v) is 5.51. The van der Waals surface area contributed by atoms with E-state index in [0.717, 1.165) is 37.2 Å². The van der Waals surface area contributed by atoms with Crippen LogP contribution in [-0.2, 0) is 5.41 Å². The lowest BCUT2D eigenvalue weighted by Gasteiger charge is -2.36. The number of rotatable bonds is 12. The number of unbranched alkanes of at least 4 members (excludes halogenated alkanes) is 2. The van der Waals surface area contributed by atoms with Crippen LogP contribution < -0.4 is 9.47 Å². The quantitative estimate of drug-likeness (QED) is 0.297. The van der Waals surface area contributed by atoms with Crippen LogP contribution in [0.2, 0.25) is 0 Å². The molecule has 0 spiro atoms. The largest absolute Gasteiger partial charge is 0.494 e. The van der Waals surface area contributed by atoms with Gasteiger partial charge in [0.25, 0.3) is 0 Å². The first-order valence-corrected chi connectivity index (χ1v) is 14.5. The van der Waals surface area contributed by atoms with Gasteiger partial charge >= 0.3 is 0 Å². The fourth-order valence-electron chi connectivity index (χ4n) is 5.51. The van der Waals surface area contributed by atoms with Crippen LogP contribution in [0.15, 0.2) is 48.5 Å². The number of ether oxygens (including phenoxy) is 2. The molecule has 0 radical (unpaired) electrons. The maximum Gasteiger partial charge on any atom is 0.119 e. The summed E-state index contributed by atoms with van der Waals surface area (Å²) in [5.74, 6) is 1.82. The molecule has 2 aromatic carbocycles. The Hall–Kier alpha value is -2.04. The van der Waals surface area contributed by atoms with E-state index < -0.39 is 0 Å². The monoisotopic (exact) mass is 496 g/mol. The van der Waals surface area contributed by atoms with Crippen molar-refractivity contribution in [2.24, 2.45) is 0 Å². The summed E-state index contributed by atoms with van der Waals surface area (Å²) in [6.45, 7) is 1.73. The second-order valence-electron chi connectivity index (χ2n) is 10.4. The molecule has 200 valence electrons. The number of aliphatic hydroxyl groups is 2. The molecule has 0 unspecified atom stereocenters. The topological polar surface area (TPSA) is 58.9 Å². The van der Waals surface area contributed by atoms with E-state index in [1.54, 1.807) is 0 Å². The van der Waals surface area contributed by atoms with E-state index in [2.05, 4.69) is 48.5 Å². The van der Waals surface area contributed by atoms with Crippen molar-refractivity contribution in [1.82, 2.24) is 0 Å². The van der Waals surface area contributed by atoms with Gasteiger partial charge in [0.05, 0.1) is 13.2 Å². The van der Waals surface area contributed by atoms with Gasteiger partial charge < -0.3 is 19.7 Å². The summed E-state index contributed by atoms with van der Waals surface area (Å²) in [7, 11) is 0. The predicted molar refractivity (Wildman–Crippen MR) is 148 cm³/mol. The van der Waals surface area contributed by atoms with Crippen LogP contribution in [0.4, 0.5) is 0 Å². The van der Waals surface area contributed by atoms with Gasteiger partial charge in [0.15, 0.2) is 0 Å². The summed E-state index contributed by atoms with van der Waals surface area (Å²) in [6.07, 6.45) is 17.6. The van der Waals surface area contributed by atoms with Crippen molar-refractivity contribution in [2.45, 2.75) is 102 Å². The van der Waals surface area contributed by atoms with E-state index >= 15 is 0 Å². The van der Waals surface area contributed by atoms with Gasteiger partial charge in [-0.2, -0.15) is 0 Å². The molecule has 0 atom stereocenters. The van der Waals surface area contributed by atoms with Gasteiger partial charge in [-0.15, -0.1) is 0 Å². The van der Waals surface area contributed by atoms with Gasteiger partial charge in [0.1, 0.15) is 11.5 Å². The molecule has 0 aromatic heterocycles. The van der Waals surface area contributed by atoms with Crippen LogP contribution in [-0.4, -0.2) is 36.6 Å². The molecule has 2 aromatic rings. The van der Waals surface area contributed by atoms with Crippen molar-refractivity contribution < 1.29 is 19.7 Å². The predicted octanol–water partition coefficient (Wildman–Crippen LogP) is 7.58. The van der Waals surface area contributed by atoms with Crippen LogP contribution in [0.25, 0.3) is 0 Å². The summed E-state index contributed by atoms with van der Waals surface area (Å²) in [4.78, 5) is 0. The second-order valence-corrected chi connectivity index (χ2v) is 10.4. The molecule has 1 fully saturated rings. The maximum atomic E-state index is 9.00. The molecule has 4 heteroatoms. The van der Waals surface area contributed by atoms with Gasteiger partial charge in [-0.05, 0) is 73.9 Å². The molecular weight excluding hydrogens is 448 g/mol. The molecule has 1 aliphatic rings. The maximum absolute atomic E-state index is 9.00. The van der Waals surface area contributed by atoms with E-state index in [1.807, 2.05) is 0 Å². The lowest BCUT2D eigenvalue weighted by atomic mass is 9.67. The Morgan fingerprint density at radius 3 is 1.22 bits per heavy atom. The highest BCUT2D eigenvalue weighted by molar-refractivity contribution is 5.43. The number of benzene rings is 2. The lowest BCUT2D eigenvalue weighted by Crippen LogP contribution is -2.28. The third-order valence-corrected chi connectivity index (χ3v) is 7.66. The van der Waals surface area contributed by atoms with E-state index in [0.29, 0.717) is 13.2 Å². The first-order valence-electron chi connectivity index (χ1n) is 14.5. The van der Waals surface area contributed by atoms with Crippen molar-refractivity contribution >= 4 is 0 Å². The minimum Gasteiger partial charge on any atom is -0.494 e. The van der Waals surface area contributed by atoms with Crippen molar-refractivity contribution in [3.63, 3.8) is 0 Å². The molecule has 0 heterocycles. The normalized spacial score (nSPS) is 17.1. The Balaban J connectivity index is 1.82. The molecule has 0 aliphatic heterocycles. The first kappa shape index (κ1) is 28.5. The Labute approximate surface area is 219 Å². The molecular formula is C32H48O4. The van der Waals surface area contributed by atoms with Crippen LogP contribution in [0.1, 0.15) is 107 Å². The van der Waals surface area contributed by atoms with Crippen molar-refractivity contribution in [2.75, 3.05) is 26.4 Å². The molecule has 2 N–H and O–H groups in total. The second kappa shape index (κ2) is 16.7. The summed E-state index contributed by atoms with van der Waals surface area (Å²) in [5, 5.41) is 18.0. The Kier molecular flexibility index (Phi) is 13.2. The SMILES string of the molecule is OCCCCOc1ccc(C2(c3ccc(OCCCCO)cc3)CCCCCCCCCCC2)cc1. The van der Waals surface area contributed by atoms with E-state index in [1.165, 1.54) is 81.8 Å². The summed E-state index contributed by atoms with van der Waals surface area (Å²) < 4.78 is 11.9.